The van der Waals surface area contributed by atoms with Crippen molar-refractivity contribution < 1.29 is 0 Å². The fourth-order valence-corrected chi connectivity index (χ4v) is 1.50. The molecule has 1 heteroatoms. The zero-order valence-corrected chi connectivity index (χ0v) is 7.84. The first-order valence-corrected chi connectivity index (χ1v) is 4.51. The van der Waals surface area contributed by atoms with Crippen molar-refractivity contribution in [3.63, 3.8) is 0 Å². The Hall–Kier alpha value is -1.43. The van der Waals surface area contributed by atoms with Crippen LogP contribution < -0.4 is 0 Å². The molecule has 0 aliphatic rings. The van der Waals surface area contributed by atoms with Gasteiger partial charge in [0.15, 0.2) is 0 Å². The van der Waals surface area contributed by atoms with Crippen LogP contribution in [0.5, 0.6) is 0 Å². The van der Waals surface area contributed by atoms with Gasteiger partial charge in [-0.05, 0) is 45.7 Å². The lowest BCUT2D eigenvalue weighted by molar-refractivity contribution is 1.72. The minimum absolute atomic E-state index is 1.11. The van der Waals surface area contributed by atoms with E-state index >= 15 is 0 Å². The van der Waals surface area contributed by atoms with Crippen molar-refractivity contribution in [1.82, 2.24) is 0 Å². The molecule has 0 spiro atoms. The van der Waals surface area contributed by atoms with Gasteiger partial charge in [-0.15, -0.1) is 0 Å². The molecule has 0 unspecified atom stereocenters. The van der Waals surface area contributed by atoms with Crippen LogP contribution in [0.1, 0.15) is 5.56 Å². The lowest BCUT2D eigenvalue weighted by atomic mass is 10.1. The van der Waals surface area contributed by atoms with Gasteiger partial charge >= 0.3 is 0 Å². The van der Waals surface area contributed by atoms with Crippen molar-refractivity contribution in [3.8, 4) is 0 Å². The average Bonchev–Trinajstić information content (AvgIpc) is 2.18. The molecular weight excluding hydrogens is 176 g/mol. The van der Waals surface area contributed by atoms with Gasteiger partial charge in [-0.3, -0.25) is 0 Å². The van der Waals surface area contributed by atoms with Gasteiger partial charge in [0.25, 0.3) is 0 Å². The molecule has 2 aromatic rings. The number of thiocarbonyl (C=S) groups is 1. The fourth-order valence-electron chi connectivity index (χ4n) is 1.37. The topological polar surface area (TPSA) is 0 Å². The lowest BCUT2D eigenvalue weighted by Gasteiger charge is -1.97. The quantitative estimate of drug-likeness (QED) is 0.612. The summed E-state index contributed by atoms with van der Waals surface area (Å²) in [6.07, 6.45) is 1.81. The second kappa shape index (κ2) is 3.53. The highest BCUT2D eigenvalue weighted by molar-refractivity contribution is 7.78. The number of rotatable bonds is 1. The Morgan fingerprint density at radius 2 is 1.77 bits per heavy atom. The Kier molecular flexibility index (Phi) is 2.22. The lowest BCUT2D eigenvalue weighted by Crippen LogP contribution is -1.74. The SMILES string of the molecule is S=C=Cc1ccc2ccccc2c1. The van der Waals surface area contributed by atoms with Crippen LogP contribution in [-0.4, -0.2) is 5.02 Å². The van der Waals surface area contributed by atoms with Crippen molar-refractivity contribution in [2.75, 3.05) is 0 Å². The Balaban J connectivity index is 2.68. The number of hydrogen-bond acceptors (Lipinski definition) is 1. The molecule has 0 amide bonds. The molecule has 0 nitrogen and oxygen atoms in total. The van der Waals surface area contributed by atoms with Crippen LogP contribution in [0.2, 0.25) is 0 Å². The largest absolute Gasteiger partial charge is 0.0616 e. The summed E-state index contributed by atoms with van der Waals surface area (Å²) in [6, 6.07) is 14.5. The first-order valence-electron chi connectivity index (χ1n) is 4.10. The standard InChI is InChI=1S/C12H8S/c13-8-7-10-5-6-11-3-1-2-4-12(11)9-10/h1-7,9H. The van der Waals surface area contributed by atoms with Crippen LogP contribution in [0.15, 0.2) is 42.5 Å². The minimum atomic E-state index is 1.11. The van der Waals surface area contributed by atoms with E-state index in [0.717, 1.165) is 5.56 Å². The zero-order valence-electron chi connectivity index (χ0n) is 7.03. The van der Waals surface area contributed by atoms with E-state index in [4.69, 9.17) is 0 Å². The summed E-state index contributed by atoms with van der Waals surface area (Å²) in [4.78, 5) is 0. The predicted octanol–water partition coefficient (Wildman–Crippen LogP) is 3.45. The maximum Gasteiger partial charge on any atom is -0.00109 e. The van der Waals surface area contributed by atoms with E-state index in [1.807, 2.05) is 24.3 Å². The Morgan fingerprint density at radius 3 is 2.54 bits per heavy atom. The molecule has 0 N–H and O–H groups in total. The number of hydrogen-bond donors (Lipinski definition) is 0. The third kappa shape index (κ3) is 1.67. The van der Waals surface area contributed by atoms with Crippen molar-refractivity contribution in [2.24, 2.45) is 0 Å². The molecule has 0 heterocycles. The maximum atomic E-state index is 4.65. The molecule has 62 valence electrons. The summed E-state index contributed by atoms with van der Waals surface area (Å²) in [5, 5.41) is 5.10. The van der Waals surface area contributed by atoms with Crippen LogP contribution in [0.4, 0.5) is 0 Å². The van der Waals surface area contributed by atoms with Crippen LogP contribution in [0, 0.1) is 0 Å². The fraction of sp³-hybridized carbons (Fsp3) is 0. The molecule has 2 aromatic carbocycles. The van der Waals surface area contributed by atoms with E-state index in [-0.39, 0.29) is 0 Å². The van der Waals surface area contributed by atoms with Gasteiger partial charge < -0.3 is 0 Å². The number of benzene rings is 2. The Bertz CT molecular complexity index is 479. The highest BCUT2D eigenvalue weighted by atomic mass is 32.1. The molecule has 0 saturated carbocycles. The normalized spacial score (nSPS) is 9.54. The van der Waals surface area contributed by atoms with E-state index < -0.39 is 0 Å². The number of fused-ring (bicyclic) bond motifs is 1. The van der Waals surface area contributed by atoms with Gasteiger partial charge in [0, 0.05) is 0 Å². The van der Waals surface area contributed by atoms with Gasteiger partial charge in [0.2, 0.25) is 0 Å². The molecule has 0 aliphatic heterocycles. The minimum Gasteiger partial charge on any atom is -0.0616 e. The first kappa shape index (κ1) is 8.18. The third-order valence-electron chi connectivity index (χ3n) is 2.00. The van der Waals surface area contributed by atoms with E-state index in [0.29, 0.717) is 0 Å². The molecule has 0 aromatic heterocycles. The predicted molar refractivity (Wildman–Crippen MR) is 61.0 cm³/mol. The Labute approximate surface area is 82.5 Å². The van der Waals surface area contributed by atoms with Gasteiger partial charge in [0.1, 0.15) is 0 Å². The summed E-state index contributed by atoms with van der Waals surface area (Å²) in [5.74, 6) is 0. The summed E-state index contributed by atoms with van der Waals surface area (Å²) in [7, 11) is 0. The summed E-state index contributed by atoms with van der Waals surface area (Å²) >= 11 is 4.65. The van der Waals surface area contributed by atoms with Gasteiger partial charge in [-0.25, -0.2) is 0 Å². The molecule has 0 aliphatic carbocycles. The van der Waals surface area contributed by atoms with E-state index in [2.05, 4.69) is 41.5 Å². The molecule has 0 atom stereocenters. The van der Waals surface area contributed by atoms with Crippen LogP contribution >= 0.6 is 12.2 Å². The zero-order chi connectivity index (χ0) is 9.10. The molecule has 0 saturated heterocycles. The van der Waals surface area contributed by atoms with Crippen molar-refractivity contribution in [2.45, 2.75) is 0 Å². The monoisotopic (exact) mass is 184 g/mol. The average molecular weight is 184 g/mol. The maximum absolute atomic E-state index is 4.65. The molecule has 13 heavy (non-hydrogen) atoms. The van der Waals surface area contributed by atoms with E-state index in [9.17, 15) is 0 Å². The third-order valence-corrected chi connectivity index (χ3v) is 2.12. The Morgan fingerprint density at radius 1 is 1.00 bits per heavy atom. The van der Waals surface area contributed by atoms with Gasteiger partial charge in [-0.1, -0.05) is 36.4 Å². The van der Waals surface area contributed by atoms with Crippen molar-refractivity contribution in [1.29, 1.82) is 0 Å². The van der Waals surface area contributed by atoms with Crippen molar-refractivity contribution in [3.05, 3.63) is 48.0 Å². The van der Waals surface area contributed by atoms with Crippen molar-refractivity contribution >= 4 is 34.1 Å². The highest BCUT2D eigenvalue weighted by Gasteiger charge is 1.91. The summed E-state index contributed by atoms with van der Waals surface area (Å²) in [5.41, 5.74) is 1.11. The second-order valence-corrected chi connectivity index (χ2v) is 3.10. The summed E-state index contributed by atoms with van der Waals surface area (Å²) in [6.45, 7) is 0. The van der Waals surface area contributed by atoms with E-state index in [1.54, 1.807) is 0 Å². The molecular formula is C12H8S. The van der Waals surface area contributed by atoms with Crippen LogP contribution in [-0.2, 0) is 0 Å². The van der Waals surface area contributed by atoms with Crippen LogP contribution in [0.25, 0.3) is 16.8 Å². The molecule has 0 radical (unpaired) electrons. The van der Waals surface area contributed by atoms with E-state index in [1.165, 1.54) is 10.8 Å². The summed E-state index contributed by atoms with van der Waals surface area (Å²) < 4.78 is 0. The molecule has 2 rings (SSSR count). The van der Waals surface area contributed by atoms with Crippen LogP contribution in [0.3, 0.4) is 0 Å². The smallest absolute Gasteiger partial charge is 0.00109 e. The van der Waals surface area contributed by atoms with Gasteiger partial charge in [-0.2, -0.15) is 0 Å². The highest BCUT2D eigenvalue weighted by Crippen LogP contribution is 2.15. The molecule has 0 bridgehead atoms. The second-order valence-electron chi connectivity index (χ2n) is 2.87. The first-order chi connectivity index (χ1) is 6.40. The van der Waals surface area contributed by atoms with Gasteiger partial charge in [0.05, 0.1) is 0 Å². The molecule has 0 fully saturated rings.